The Kier molecular flexibility index (Phi) is 2.91. The Morgan fingerprint density at radius 2 is 1.89 bits per heavy atom. The van der Waals surface area contributed by atoms with Gasteiger partial charge in [-0.25, -0.2) is 0 Å². The lowest BCUT2D eigenvalue weighted by Crippen LogP contribution is -2.32. The second-order valence-electron chi connectivity index (χ2n) is 5.25. The average Bonchev–Trinajstić information content (AvgIpc) is 3.13. The molecule has 0 spiro atoms. The van der Waals surface area contributed by atoms with Crippen LogP contribution >= 0.6 is 11.6 Å². The molecule has 98 valence electrons. The normalized spacial score (nSPS) is 22.2. The highest BCUT2D eigenvalue weighted by atomic mass is 35.5. The average molecular weight is 268 g/mol. The maximum absolute atomic E-state index is 6.20. The second kappa shape index (κ2) is 4.32. The van der Waals surface area contributed by atoms with E-state index in [4.69, 9.17) is 26.8 Å². The molecule has 1 unspecified atom stereocenters. The fourth-order valence-corrected chi connectivity index (χ4v) is 2.92. The van der Waals surface area contributed by atoms with E-state index < -0.39 is 0 Å². The molecule has 3 nitrogen and oxygen atoms in total. The topological polar surface area (TPSA) is 44.5 Å². The molecule has 1 aliphatic heterocycles. The van der Waals surface area contributed by atoms with Gasteiger partial charge in [-0.15, -0.1) is 0 Å². The number of hydrogen-bond donors (Lipinski definition) is 1. The summed E-state index contributed by atoms with van der Waals surface area (Å²) in [4.78, 5) is 0. The van der Waals surface area contributed by atoms with E-state index in [9.17, 15) is 0 Å². The van der Waals surface area contributed by atoms with Gasteiger partial charge >= 0.3 is 0 Å². The van der Waals surface area contributed by atoms with Gasteiger partial charge in [0.05, 0.1) is 18.2 Å². The molecule has 1 fully saturated rings. The molecular formula is C14H18ClNO2. The molecule has 1 atom stereocenters. The van der Waals surface area contributed by atoms with E-state index in [0.717, 1.165) is 25.0 Å². The van der Waals surface area contributed by atoms with Crippen molar-refractivity contribution in [3.05, 3.63) is 22.7 Å². The zero-order chi connectivity index (χ0) is 12.8. The molecule has 1 aromatic rings. The van der Waals surface area contributed by atoms with Gasteiger partial charge in [0.2, 0.25) is 0 Å². The van der Waals surface area contributed by atoms with Crippen LogP contribution in [0.4, 0.5) is 0 Å². The maximum Gasteiger partial charge on any atom is 0.180 e. The van der Waals surface area contributed by atoms with Crippen molar-refractivity contribution in [2.45, 2.75) is 37.6 Å². The summed E-state index contributed by atoms with van der Waals surface area (Å²) < 4.78 is 11.6. The molecule has 1 saturated carbocycles. The first-order chi connectivity index (χ1) is 8.65. The third-order valence-corrected chi connectivity index (χ3v) is 4.34. The Balaban J connectivity index is 2.11. The Hall–Kier alpha value is -0.930. The van der Waals surface area contributed by atoms with Crippen LogP contribution < -0.4 is 15.2 Å². The van der Waals surface area contributed by atoms with Crippen LogP contribution in [0.5, 0.6) is 11.5 Å². The van der Waals surface area contributed by atoms with Gasteiger partial charge < -0.3 is 15.2 Å². The molecular weight excluding hydrogens is 250 g/mol. The van der Waals surface area contributed by atoms with Crippen molar-refractivity contribution in [2.24, 2.45) is 5.73 Å². The van der Waals surface area contributed by atoms with Crippen molar-refractivity contribution >= 4 is 11.6 Å². The Morgan fingerprint density at radius 1 is 1.22 bits per heavy atom. The van der Waals surface area contributed by atoms with Gasteiger partial charge in [-0.3, -0.25) is 0 Å². The van der Waals surface area contributed by atoms with Crippen molar-refractivity contribution in [2.75, 3.05) is 13.2 Å². The molecule has 2 aliphatic rings. The monoisotopic (exact) mass is 267 g/mol. The van der Waals surface area contributed by atoms with Gasteiger partial charge in [0.15, 0.2) is 11.5 Å². The molecule has 1 aliphatic carbocycles. The summed E-state index contributed by atoms with van der Waals surface area (Å²) in [6.45, 7) is 3.39. The summed E-state index contributed by atoms with van der Waals surface area (Å²) in [5.41, 5.74) is 7.37. The number of benzene rings is 1. The van der Waals surface area contributed by atoms with Crippen molar-refractivity contribution in [1.82, 2.24) is 0 Å². The maximum atomic E-state index is 6.20. The Labute approximate surface area is 112 Å². The highest BCUT2D eigenvalue weighted by Gasteiger charge is 2.50. The van der Waals surface area contributed by atoms with Crippen LogP contribution in [0.3, 0.4) is 0 Å². The molecule has 3 rings (SSSR count). The zero-order valence-corrected chi connectivity index (χ0v) is 11.3. The smallest absolute Gasteiger partial charge is 0.180 e. The second-order valence-corrected chi connectivity index (χ2v) is 5.66. The largest absolute Gasteiger partial charge is 0.489 e. The van der Waals surface area contributed by atoms with E-state index in [1.807, 2.05) is 12.1 Å². The van der Waals surface area contributed by atoms with Crippen LogP contribution in [-0.4, -0.2) is 19.3 Å². The third kappa shape index (κ3) is 1.77. The lowest BCUT2D eigenvalue weighted by Gasteiger charge is -2.24. The first-order valence-corrected chi connectivity index (χ1v) is 6.87. The van der Waals surface area contributed by atoms with E-state index in [1.165, 1.54) is 5.56 Å². The number of nitrogens with two attached hydrogens (primary N) is 1. The summed E-state index contributed by atoms with van der Waals surface area (Å²) in [6, 6.07) is 4.06. The first kappa shape index (κ1) is 12.1. The van der Waals surface area contributed by atoms with Gasteiger partial charge in [-0.1, -0.05) is 17.7 Å². The number of rotatable bonds is 2. The van der Waals surface area contributed by atoms with Crippen molar-refractivity contribution in [3.63, 3.8) is 0 Å². The highest BCUT2D eigenvalue weighted by molar-refractivity contribution is 6.32. The first-order valence-electron chi connectivity index (χ1n) is 6.49. The van der Waals surface area contributed by atoms with E-state index in [1.54, 1.807) is 0 Å². The van der Waals surface area contributed by atoms with Gasteiger partial charge in [0.1, 0.15) is 0 Å². The predicted molar refractivity (Wildman–Crippen MR) is 71.6 cm³/mol. The van der Waals surface area contributed by atoms with Crippen LogP contribution in [0, 0.1) is 0 Å². The van der Waals surface area contributed by atoms with Crippen LogP contribution in [0.2, 0.25) is 5.02 Å². The molecule has 0 saturated heterocycles. The summed E-state index contributed by atoms with van der Waals surface area (Å²) in [5, 5.41) is 0.621. The minimum absolute atomic E-state index is 0.0579. The summed E-state index contributed by atoms with van der Waals surface area (Å²) in [6.07, 6.45) is 3.11. The van der Waals surface area contributed by atoms with Crippen molar-refractivity contribution in [1.29, 1.82) is 0 Å². The molecule has 0 radical (unpaired) electrons. The molecule has 18 heavy (non-hydrogen) atoms. The molecule has 1 aromatic carbocycles. The molecule has 0 amide bonds. The third-order valence-electron chi connectivity index (χ3n) is 4.04. The van der Waals surface area contributed by atoms with Crippen LogP contribution in [0.1, 0.15) is 31.7 Å². The van der Waals surface area contributed by atoms with Crippen molar-refractivity contribution < 1.29 is 9.47 Å². The SMILES string of the molecule is CC(N)C1(c2ccc(Cl)c3c2OCCCO3)CC1. The minimum atomic E-state index is 0.0579. The van der Waals surface area contributed by atoms with E-state index in [2.05, 4.69) is 6.92 Å². The molecule has 0 bridgehead atoms. The number of halogens is 1. The summed E-state index contributed by atoms with van der Waals surface area (Å²) in [5.74, 6) is 1.51. The van der Waals surface area contributed by atoms with E-state index in [-0.39, 0.29) is 11.5 Å². The van der Waals surface area contributed by atoms with Gasteiger partial charge in [-0.05, 0) is 25.8 Å². The lowest BCUT2D eigenvalue weighted by atomic mass is 9.88. The fourth-order valence-electron chi connectivity index (χ4n) is 2.72. The molecule has 2 N–H and O–H groups in total. The van der Waals surface area contributed by atoms with Crippen LogP contribution in [-0.2, 0) is 5.41 Å². The Bertz CT molecular complexity index is 469. The van der Waals surface area contributed by atoms with Crippen LogP contribution in [0.15, 0.2) is 12.1 Å². The fraction of sp³-hybridized carbons (Fsp3) is 0.571. The van der Waals surface area contributed by atoms with E-state index in [0.29, 0.717) is 24.0 Å². The molecule has 4 heteroatoms. The molecule has 0 aromatic heterocycles. The Morgan fingerprint density at radius 3 is 2.50 bits per heavy atom. The van der Waals surface area contributed by atoms with Crippen LogP contribution in [0.25, 0.3) is 0 Å². The predicted octanol–water partition coefficient (Wildman–Crippen LogP) is 2.88. The van der Waals surface area contributed by atoms with Crippen molar-refractivity contribution in [3.8, 4) is 11.5 Å². The number of ether oxygens (including phenoxy) is 2. The number of hydrogen-bond acceptors (Lipinski definition) is 3. The molecule has 1 heterocycles. The highest BCUT2D eigenvalue weighted by Crippen LogP contribution is 2.56. The number of fused-ring (bicyclic) bond motifs is 1. The van der Waals surface area contributed by atoms with Gasteiger partial charge in [0.25, 0.3) is 0 Å². The quantitative estimate of drug-likeness (QED) is 0.896. The summed E-state index contributed by atoms with van der Waals surface area (Å²) >= 11 is 6.20. The minimum Gasteiger partial charge on any atom is -0.489 e. The standard InChI is InChI=1S/C14H18ClNO2/c1-9(16)14(5-6-14)10-3-4-11(15)13-12(10)17-7-2-8-18-13/h3-4,9H,2,5-8,16H2,1H3. The lowest BCUT2D eigenvalue weighted by molar-refractivity contribution is 0.295. The van der Waals surface area contributed by atoms with Gasteiger partial charge in [0, 0.05) is 23.4 Å². The van der Waals surface area contributed by atoms with Gasteiger partial charge in [-0.2, -0.15) is 0 Å². The van der Waals surface area contributed by atoms with E-state index >= 15 is 0 Å². The zero-order valence-electron chi connectivity index (χ0n) is 10.5. The summed E-state index contributed by atoms with van der Waals surface area (Å²) in [7, 11) is 0.